The van der Waals surface area contributed by atoms with Crippen LogP contribution in [-0.2, 0) is 0 Å². The van der Waals surface area contributed by atoms with Gasteiger partial charge in [0.15, 0.2) is 0 Å². The minimum Gasteiger partial charge on any atom is -0.396 e. The van der Waals surface area contributed by atoms with Gasteiger partial charge in [0.2, 0.25) is 0 Å². The largest absolute Gasteiger partial charge is 0.396 e. The molecule has 88 valence electrons. The molecule has 2 rings (SSSR count). The molecule has 1 N–H and O–H groups in total. The highest BCUT2D eigenvalue weighted by Crippen LogP contribution is 2.38. The molecule has 2 aliphatic rings. The Morgan fingerprint density at radius 3 is 2.60 bits per heavy atom. The SMILES string of the molecule is CC1CCCN(CC2(CO)CCCC2)C1. The molecule has 1 aliphatic carbocycles. The number of hydrogen-bond donors (Lipinski definition) is 1. The summed E-state index contributed by atoms with van der Waals surface area (Å²) in [5.74, 6) is 0.857. The zero-order valence-corrected chi connectivity index (χ0v) is 10.0. The molecule has 0 amide bonds. The van der Waals surface area contributed by atoms with Crippen LogP contribution in [0.4, 0.5) is 0 Å². The van der Waals surface area contributed by atoms with Crippen molar-refractivity contribution in [3.05, 3.63) is 0 Å². The Hall–Kier alpha value is -0.0800. The van der Waals surface area contributed by atoms with Crippen molar-refractivity contribution < 1.29 is 5.11 Å². The summed E-state index contributed by atoms with van der Waals surface area (Å²) < 4.78 is 0. The number of rotatable bonds is 3. The molecule has 1 atom stereocenters. The molecule has 1 unspecified atom stereocenters. The van der Waals surface area contributed by atoms with Crippen molar-refractivity contribution in [1.29, 1.82) is 0 Å². The van der Waals surface area contributed by atoms with E-state index in [2.05, 4.69) is 11.8 Å². The normalized spacial score (nSPS) is 32.0. The molecular formula is C13H25NO. The minimum atomic E-state index is 0.261. The zero-order chi connectivity index (χ0) is 10.7. The third-order valence-corrected chi connectivity index (χ3v) is 4.30. The van der Waals surface area contributed by atoms with Gasteiger partial charge in [0.05, 0.1) is 0 Å². The van der Waals surface area contributed by atoms with Crippen LogP contribution in [0.3, 0.4) is 0 Å². The average Bonchev–Trinajstić information content (AvgIpc) is 2.67. The fourth-order valence-corrected chi connectivity index (χ4v) is 3.40. The first kappa shape index (κ1) is 11.4. The molecule has 0 aromatic heterocycles. The highest BCUT2D eigenvalue weighted by atomic mass is 16.3. The van der Waals surface area contributed by atoms with E-state index in [1.807, 2.05) is 0 Å². The lowest BCUT2D eigenvalue weighted by atomic mass is 9.85. The minimum absolute atomic E-state index is 0.261. The van der Waals surface area contributed by atoms with Gasteiger partial charge in [0.25, 0.3) is 0 Å². The van der Waals surface area contributed by atoms with E-state index in [0.717, 1.165) is 12.5 Å². The summed E-state index contributed by atoms with van der Waals surface area (Å²) in [6.07, 6.45) is 7.88. The summed E-state index contributed by atoms with van der Waals surface area (Å²) >= 11 is 0. The van der Waals surface area contributed by atoms with E-state index >= 15 is 0 Å². The van der Waals surface area contributed by atoms with Gasteiger partial charge in [-0.3, -0.25) is 0 Å². The second kappa shape index (κ2) is 4.84. The molecule has 2 heteroatoms. The van der Waals surface area contributed by atoms with Gasteiger partial charge in [-0.15, -0.1) is 0 Å². The van der Waals surface area contributed by atoms with Gasteiger partial charge in [0, 0.05) is 25.1 Å². The Morgan fingerprint density at radius 1 is 1.27 bits per heavy atom. The van der Waals surface area contributed by atoms with E-state index in [1.165, 1.54) is 51.6 Å². The first-order chi connectivity index (χ1) is 7.24. The van der Waals surface area contributed by atoms with Gasteiger partial charge in [-0.05, 0) is 38.1 Å². The first-order valence-corrected chi connectivity index (χ1v) is 6.57. The monoisotopic (exact) mass is 211 g/mol. The summed E-state index contributed by atoms with van der Waals surface area (Å²) in [6.45, 7) is 6.41. The van der Waals surface area contributed by atoms with Crippen LogP contribution in [-0.4, -0.2) is 36.2 Å². The maximum absolute atomic E-state index is 9.59. The van der Waals surface area contributed by atoms with Crippen LogP contribution in [0.5, 0.6) is 0 Å². The van der Waals surface area contributed by atoms with Crippen LogP contribution in [0, 0.1) is 11.3 Å². The van der Waals surface area contributed by atoms with E-state index in [1.54, 1.807) is 0 Å². The van der Waals surface area contributed by atoms with Crippen LogP contribution in [0.2, 0.25) is 0 Å². The van der Waals surface area contributed by atoms with Crippen molar-refractivity contribution in [3.8, 4) is 0 Å². The number of hydrogen-bond acceptors (Lipinski definition) is 2. The fraction of sp³-hybridized carbons (Fsp3) is 1.00. The van der Waals surface area contributed by atoms with E-state index in [0.29, 0.717) is 6.61 Å². The second-order valence-electron chi connectivity index (χ2n) is 5.85. The Bertz CT molecular complexity index is 199. The van der Waals surface area contributed by atoms with Crippen LogP contribution in [0.1, 0.15) is 45.4 Å². The van der Waals surface area contributed by atoms with Gasteiger partial charge in [-0.1, -0.05) is 19.8 Å². The molecule has 2 fully saturated rings. The highest BCUT2D eigenvalue weighted by Gasteiger charge is 2.35. The summed E-state index contributed by atoms with van der Waals surface area (Å²) in [4.78, 5) is 2.59. The summed E-state index contributed by atoms with van der Waals surface area (Å²) in [7, 11) is 0. The van der Waals surface area contributed by atoms with Crippen molar-refractivity contribution in [1.82, 2.24) is 4.90 Å². The van der Waals surface area contributed by atoms with Gasteiger partial charge in [-0.25, -0.2) is 0 Å². The topological polar surface area (TPSA) is 23.5 Å². The molecule has 0 bridgehead atoms. The van der Waals surface area contributed by atoms with E-state index < -0.39 is 0 Å². The van der Waals surface area contributed by atoms with Crippen molar-refractivity contribution in [2.24, 2.45) is 11.3 Å². The van der Waals surface area contributed by atoms with Gasteiger partial charge in [-0.2, -0.15) is 0 Å². The summed E-state index contributed by atoms with van der Waals surface area (Å²) in [5, 5.41) is 9.59. The molecule has 0 spiro atoms. The first-order valence-electron chi connectivity index (χ1n) is 6.57. The number of piperidine rings is 1. The lowest BCUT2D eigenvalue weighted by Crippen LogP contribution is -2.43. The summed E-state index contributed by atoms with van der Waals surface area (Å²) in [5.41, 5.74) is 0.261. The Balaban J connectivity index is 1.88. The maximum Gasteiger partial charge on any atom is 0.0499 e. The molecular weight excluding hydrogens is 186 g/mol. The molecule has 0 aromatic carbocycles. The molecule has 2 nitrogen and oxygen atoms in total. The third-order valence-electron chi connectivity index (χ3n) is 4.30. The fourth-order valence-electron chi connectivity index (χ4n) is 3.40. The van der Waals surface area contributed by atoms with Gasteiger partial charge < -0.3 is 10.0 Å². The Kier molecular flexibility index (Phi) is 3.68. The second-order valence-corrected chi connectivity index (χ2v) is 5.85. The van der Waals surface area contributed by atoms with Crippen LogP contribution in [0.15, 0.2) is 0 Å². The summed E-state index contributed by atoms with van der Waals surface area (Å²) in [6, 6.07) is 0. The van der Waals surface area contributed by atoms with Crippen molar-refractivity contribution in [2.45, 2.75) is 45.4 Å². The van der Waals surface area contributed by atoms with Crippen LogP contribution < -0.4 is 0 Å². The molecule has 1 aliphatic heterocycles. The Labute approximate surface area is 93.7 Å². The number of likely N-dealkylation sites (tertiary alicyclic amines) is 1. The smallest absolute Gasteiger partial charge is 0.0499 e. The van der Waals surface area contributed by atoms with Crippen molar-refractivity contribution in [2.75, 3.05) is 26.2 Å². The van der Waals surface area contributed by atoms with E-state index in [4.69, 9.17) is 0 Å². The molecule has 1 saturated carbocycles. The van der Waals surface area contributed by atoms with Crippen molar-refractivity contribution in [3.63, 3.8) is 0 Å². The quantitative estimate of drug-likeness (QED) is 0.774. The Morgan fingerprint density at radius 2 is 2.00 bits per heavy atom. The number of aliphatic hydroxyl groups is 1. The number of nitrogens with zero attached hydrogens (tertiary/aromatic N) is 1. The lowest BCUT2D eigenvalue weighted by molar-refractivity contribution is 0.0594. The van der Waals surface area contributed by atoms with Gasteiger partial charge >= 0.3 is 0 Å². The standard InChI is InChI=1S/C13H25NO/c1-12-5-4-8-14(9-12)10-13(11-15)6-2-3-7-13/h12,15H,2-11H2,1H3. The molecule has 1 saturated heterocycles. The third kappa shape index (κ3) is 2.73. The molecule has 1 heterocycles. The van der Waals surface area contributed by atoms with Crippen LogP contribution >= 0.6 is 0 Å². The number of aliphatic hydroxyl groups excluding tert-OH is 1. The average molecular weight is 211 g/mol. The molecule has 15 heavy (non-hydrogen) atoms. The highest BCUT2D eigenvalue weighted by molar-refractivity contribution is 4.88. The molecule has 0 radical (unpaired) electrons. The van der Waals surface area contributed by atoms with Crippen LogP contribution in [0.25, 0.3) is 0 Å². The predicted molar refractivity (Wildman–Crippen MR) is 62.8 cm³/mol. The zero-order valence-electron chi connectivity index (χ0n) is 10.0. The van der Waals surface area contributed by atoms with Gasteiger partial charge in [0.1, 0.15) is 0 Å². The molecule has 0 aromatic rings. The van der Waals surface area contributed by atoms with E-state index in [9.17, 15) is 5.11 Å². The lowest BCUT2D eigenvalue weighted by Gasteiger charge is -2.38. The maximum atomic E-state index is 9.59. The van der Waals surface area contributed by atoms with Crippen molar-refractivity contribution >= 4 is 0 Å². The van der Waals surface area contributed by atoms with E-state index in [-0.39, 0.29) is 5.41 Å². The predicted octanol–water partition coefficient (Wildman–Crippen LogP) is 2.27.